The van der Waals surface area contributed by atoms with Gasteiger partial charge in [-0.2, -0.15) is 8.78 Å². The van der Waals surface area contributed by atoms with Gasteiger partial charge in [0.1, 0.15) is 0 Å². The number of amides is 1. The third-order valence-electron chi connectivity index (χ3n) is 2.88. The van der Waals surface area contributed by atoms with Gasteiger partial charge in [0.25, 0.3) is 5.76 Å². The average Bonchev–Trinajstić information content (AvgIpc) is 2.29. The predicted octanol–water partition coefficient (Wildman–Crippen LogP) is 3.70. The van der Waals surface area contributed by atoms with Crippen molar-refractivity contribution in [3.05, 3.63) is 24.3 Å². The lowest BCUT2D eigenvalue weighted by Gasteiger charge is -2.26. The van der Waals surface area contributed by atoms with Crippen molar-refractivity contribution in [1.82, 2.24) is 0 Å². The maximum absolute atomic E-state index is 12.2. The Morgan fingerprint density at radius 2 is 1.85 bits per heavy atom. The van der Waals surface area contributed by atoms with Gasteiger partial charge >= 0.3 is 0 Å². The van der Waals surface area contributed by atoms with Crippen LogP contribution in [0.15, 0.2) is 29.2 Å². The number of nitrogens with one attached hydrogen (secondary N) is 1. The lowest BCUT2D eigenvalue weighted by molar-refractivity contribution is -0.117. The molecular formula is C14H20F2N2OS. The van der Waals surface area contributed by atoms with Crippen LogP contribution in [0.4, 0.5) is 14.5 Å². The molecule has 0 bridgehead atoms. The van der Waals surface area contributed by atoms with Crippen molar-refractivity contribution in [2.24, 2.45) is 11.1 Å². The quantitative estimate of drug-likeness (QED) is 0.815. The zero-order valence-electron chi connectivity index (χ0n) is 11.8. The SMILES string of the molecule is CC(C)(C)C(N)CC(=O)Nc1ccc(SC(F)F)cc1. The fourth-order valence-electron chi connectivity index (χ4n) is 1.44. The van der Waals surface area contributed by atoms with Gasteiger partial charge in [-0.25, -0.2) is 0 Å². The number of hydrogen-bond acceptors (Lipinski definition) is 3. The molecule has 0 radical (unpaired) electrons. The molecule has 3 nitrogen and oxygen atoms in total. The number of anilines is 1. The zero-order chi connectivity index (χ0) is 15.3. The molecule has 0 fully saturated rings. The van der Waals surface area contributed by atoms with Crippen molar-refractivity contribution < 1.29 is 13.6 Å². The Hall–Kier alpha value is -1.14. The minimum Gasteiger partial charge on any atom is -0.327 e. The molecule has 3 N–H and O–H groups in total. The number of nitrogens with two attached hydrogens (primary N) is 1. The average molecular weight is 302 g/mol. The molecule has 6 heteroatoms. The zero-order valence-corrected chi connectivity index (χ0v) is 12.6. The van der Waals surface area contributed by atoms with E-state index in [9.17, 15) is 13.6 Å². The number of rotatable bonds is 5. The van der Waals surface area contributed by atoms with Gasteiger partial charge in [0.05, 0.1) is 0 Å². The largest absolute Gasteiger partial charge is 0.327 e. The molecule has 0 aliphatic carbocycles. The number of hydrogen-bond donors (Lipinski definition) is 2. The smallest absolute Gasteiger partial charge is 0.288 e. The van der Waals surface area contributed by atoms with Gasteiger partial charge in [-0.05, 0) is 29.7 Å². The van der Waals surface area contributed by atoms with Crippen molar-refractivity contribution in [2.75, 3.05) is 5.32 Å². The van der Waals surface area contributed by atoms with E-state index < -0.39 is 5.76 Å². The van der Waals surface area contributed by atoms with E-state index in [0.29, 0.717) is 22.3 Å². The topological polar surface area (TPSA) is 55.1 Å². The molecule has 1 atom stereocenters. The molecule has 0 heterocycles. The molecular weight excluding hydrogens is 282 g/mol. The van der Waals surface area contributed by atoms with Crippen LogP contribution >= 0.6 is 11.8 Å². The summed E-state index contributed by atoms with van der Waals surface area (Å²) in [5.74, 6) is -2.62. The van der Waals surface area contributed by atoms with Gasteiger partial charge in [0.15, 0.2) is 0 Å². The van der Waals surface area contributed by atoms with E-state index in [0.717, 1.165) is 0 Å². The van der Waals surface area contributed by atoms with Gasteiger partial charge in [0, 0.05) is 23.0 Å². The summed E-state index contributed by atoms with van der Waals surface area (Å²) >= 11 is 0.474. The van der Waals surface area contributed by atoms with Crippen molar-refractivity contribution in [2.45, 2.75) is 43.9 Å². The summed E-state index contributed by atoms with van der Waals surface area (Å²) in [6.07, 6.45) is 0.219. The molecule has 0 aromatic heterocycles. The highest BCUT2D eigenvalue weighted by atomic mass is 32.2. The number of carbonyl (C=O) groups excluding carboxylic acids is 1. The van der Waals surface area contributed by atoms with Gasteiger partial charge in [-0.1, -0.05) is 32.5 Å². The second kappa shape index (κ2) is 7.04. The fraction of sp³-hybridized carbons (Fsp3) is 0.500. The second-order valence-corrected chi connectivity index (χ2v) is 6.69. The van der Waals surface area contributed by atoms with Crippen molar-refractivity contribution in [3.63, 3.8) is 0 Å². The lowest BCUT2D eigenvalue weighted by Crippen LogP contribution is -2.38. The molecule has 112 valence electrons. The van der Waals surface area contributed by atoms with E-state index >= 15 is 0 Å². The molecule has 0 saturated carbocycles. The predicted molar refractivity (Wildman–Crippen MR) is 79.0 cm³/mol. The van der Waals surface area contributed by atoms with Gasteiger partial charge < -0.3 is 11.1 Å². The van der Waals surface area contributed by atoms with Crippen molar-refractivity contribution in [3.8, 4) is 0 Å². The molecule has 1 aromatic carbocycles. The third-order valence-corrected chi connectivity index (χ3v) is 3.60. The first-order chi connectivity index (χ1) is 9.18. The molecule has 0 saturated heterocycles. The second-order valence-electron chi connectivity index (χ2n) is 5.63. The van der Waals surface area contributed by atoms with Crippen LogP contribution in [-0.4, -0.2) is 17.7 Å². The minimum absolute atomic E-state index is 0.144. The van der Waals surface area contributed by atoms with Crippen LogP contribution in [0.5, 0.6) is 0 Å². The molecule has 20 heavy (non-hydrogen) atoms. The summed E-state index contributed by atoms with van der Waals surface area (Å²) in [6.45, 7) is 5.92. The lowest BCUT2D eigenvalue weighted by atomic mass is 9.85. The van der Waals surface area contributed by atoms with Gasteiger partial charge in [0.2, 0.25) is 5.91 Å². The first-order valence-electron chi connectivity index (χ1n) is 6.29. The normalized spacial score (nSPS) is 13.3. The van der Waals surface area contributed by atoms with Crippen LogP contribution in [0.3, 0.4) is 0 Å². The standard InChI is InChI=1S/C14H20F2N2OS/c1-14(2,3)11(17)8-12(19)18-9-4-6-10(7-5-9)20-13(15)16/h4-7,11,13H,8,17H2,1-3H3,(H,18,19). The minimum atomic E-state index is -2.44. The van der Waals surface area contributed by atoms with E-state index in [1.54, 1.807) is 24.3 Å². The van der Waals surface area contributed by atoms with Crippen LogP contribution in [0.25, 0.3) is 0 Å². The molecule has 0 spiro atoms. The number of benzene rings is 1. The molecule has 0 aliphatic rings. The highest BCUT2D eigenvalue weighted by molar-refractivity contribution is 7.99. The molecule has 1 unspecified atom stereocenters. The van der Waals surface area contributed by atoms with E-state index in [-0.39, 0.29) is 23.8 Å². The molecule has 0 aliphatic heterocycles. The highest BCUT2D eigenvalue weighted by Crippen LogP contribution is 2.26. The van der Waals surface area contributed by atoms with Crippen LogP contribution < -0.4 is 11.1 Å². The maximum Gasteiger partial charge on any atom is 0.288 e. The Balaban J connectivity index is 2.54. The van der Waals surface area contributed by atoms with Crippen molar-refractivity contribution >= 4 is 23.4 Å². The van der Waals surface area contributed by atoms with Crippen LogP contribution in [0.1, 0.15) is 27.2 Å². The third kappa shape index (κ3) is 5.88. The van der Waals surface area contributed by atoms with Crippen LogP contribution in [0, 0.1) is 5.41 Å². The van der Waals surface area contributed by atoms with E-state index in [2.05, 4.69) is 5.32 Å². The van der Waals surface area contributed by atoms with Gasteiger partial charge in [-0.15, -0.1) is 0 Å². The van der Waals surface area contributed by atoms with Crippen LogP contribution in [0.2, 0.25) is 0 Å². The number of thioether (sulfide) groups is 1. The van der Waals surface area contributed by atoms with Crippen molar-refractivity contribution in [1.29, 1.82) is 0 Å². The number of halogens is 2. The Morgan fingerprint density at radius 3 is 2.30 bits per heavy atom. The fourth-order valence-corrected chi connectivity index (χ4v) is 1.94. The molecule has 1 amide bonds. The summed E-state index contributed by atoms with van der Waals surface area (Å²) in [7, 11) is 0. The first kappa shape index (κ1) is 16.9. The van der Waals surface area contributed by atoms with E-state index in [4.69, 9.17) is 5.73 Å². The summed E-state index contributed by atoms with van der Waals surface area (Å²) in [6, 6.07) is 6.07. The van der Waals surface area contributed by atoms with Crippen LogP contribution in [-0.2, 0) is 4.79 Å². The number of carbonyl (C=O) groups is 1. The Kier molecular flexibility index (Phi) is 5.95. The van der Waals surface area contributed by atoms with E-state index in [1.165, 1.54) is 0 Å². The Morgan fingerprint density at radius 1 is 1.30 bits per heavy atom. The Labute approximate surface area is 122 Å². The van der Waals surface area contributed by atoms with E-state index in [1.807, 2.05) is 20.8 Å². The first-order valence-corrected chi connectivity index (χ1v) is 7.17. The highest BCUT2D eigenvalue weighted by Gasteiger charge is 2.23. The summed E-state index contributed by atoms with van der Waals surface area (Å²) in [4.78, 5) is 12.3. The summed E-state index contributed by atoms with van der Waals surface area (Å²) in [5, 5.41) is 2.71. The Bertz CT molecular complexity index is 443. The monoisotopic (exact) mass is 302 g/mol. The summed E-state index contributed by atoms with van der Waals surface area (Å²) in [5.41, 5.74) is 6.37. The molecule has 1 rings (SSSR count). The summed E-state index contributed by atoms with van der Waals surface area (Å²) < 4.78 is 24.3. The maximum atomic E-state index is 12.2. The van der Waals surface area contributed by atoms with Gasteiger partial charge in [-0.3, -0.25) is 4.79 Å². The number of alkyl halides is 2. The molecule has 1 aromatic rings.